The third kappa shape index (κ3) is 2.91. The first-order valence-electron chi connectivity index (χ1n) is 6.49. The lowest BCUT2D eigenvalue weighted by atomic mass is 10.0. The minimum absolute atomic E-state index is 0.103. The summed E-state index contributed by atoms with van der Waals surface area (Å²) in [6, 6.07) is 6.32. The van der Waals surface area contributed by atoms with Crippen molar-refractivity contribution >= 4 is 28.2 Å². The zero-order valence-electron chi connectivity index (χ0n) is 11.7. The van der Waals surface area contributed by atoms with E-state index in [9.17, 15) is 14.9 Å². The fourth-order valence-corrected chi connectivity index (χ4v) is 2.14. The van der Waals surface area contributed by atoms with Crippen LogP contribution >= 0.6 is 0 Å². The van der Waals surface area contributed by atoms with Crippen LogP contribution in [-0.4, -0.2) is 21.9 Å². The van der Waals surface area contributed by atoms with Gasteiger partial charge in [0.25, 0.3) is 0 Å². The van der Waals surface area contributed by atoms with Gasteiger partial charge in [-0.15, -0.1) is 0 Å². The Balaban J connectivity index is 2.61. The lowest BCUT2D eigenvalue weighted by molar-refractivity contribution is -0.384. The molecule has 0 fully saturated rings. The van der Waals surface area contributed by atoms with Gasteiger partial charge in [-0.25, -0.2) is 4.98 Å². The van der Waals surface area contributed by atoms with Crippen LogP contribution in [0, 0.1) is 16.0 Å². The van der Waals surface area contributed by atoms with Gasteiger partial charge in [-0.1, -0.05) is 32.0 Å². The summed E-state index contributed by atoms with van der Waals surface area (Å²) in [6.45, 7) is 3.63. The van der Waals surface area contributed by atoms with Crippen LogP contribution in [-0.2, 0) is 4.79 Å². The number of fused-ring (bicyclic) bond motifs is 1. The Labute approximate surface area is 121 Å². The van der Waals surface area contributed by atoms with Gasteiger partial charge in [0, 0.05) is 5.39 Å². The van der Waals surface area contributed by atoms with Gasteiger partial charge < -0.3 is 11.1 Å². The van der Waals surface area contributed by atoms with Crippen molar-refractivity contribution in [3.8, 4) is 0 Å². The highest BCUT2D eigenvalue weighted by molar-refractivity contribution is 5.97. The molecular weight excluding hydrogens is 272 g/mol. The van der Waals surface area contributed by atoms with Crippen molar-refractivity contribution in [2.24, 2.45) is 11.7 Å². The van der Waals surface area contributed by atoms with Crippen molar-refractivity contribution in [1.82, 2.24) is 4.98 Å². The van der Waals surface area contributed by atoms with E-state index in [1.165, 1.54) is 6.20 Å². The molecule has 0 saturated carbocycles. The van der Waals surface area contributed by atoms with E-state index in [0.717, 1.165) is 0 Å². The van der Waals surface area contributed by atoms with Gasteiger partial charge in [0.05, 0.1) is 10.4 Å². The van der Waals surface area contributed by atoms with E-state index in [1.807, 2.05) is 13.8 Å². The number of nitrogens with two attached hydrogens (primary N) is 1. The zero-order valence-corrected chi connectivity index (χ0v) is 11.7. The molecule has 0 bridgehead atoms. The minimum atomic E-state index is -0.700. The number of carbonyl (C=O) groups is 1. The quantitative estimate of drug-likeness (QED) is 0.646. The van der Waals surface area contributed by atoms with Crippen LogP contribution in [0.25, 0.3) is 10.9 Å². The third-order valence-electron chi connectivity index (χ3n) is 3.23. The first-order chi connectivity index (χ1) is 9.91. The SMILES string of the molecule is CC(C)C(Nc1c([N+](=O)[O-])cnc2ccccc12)C(N)=O. The number of aromatic nitrogens is 1. The highest BCUT2D eigenvalue weighted by Gasteiger charge is 2.25. The van der Waals surface area contributed by atoms with E-state index < -0.39 is 16.9 Å². The van der Waals surface area contributed by atoms with Crippen LogP contribution in [0.4, 0.5) is 11.4 Å². The molecular formula is C14H16N4O3. The summed E-state index contributed by atoms with van der Waals surface area (Å²) in [6.07, 6.45) is 1.18. The Hall–Kier alpha value is -2.70. The average Bonchev–Trinajstić information content (AvgIpc) is 2.43. The van der Waals surface area contributed by atoms with E-state index in [1.54, 1.807) is 24.3 Å². The molecule has 21 heavy (non-hydrogen) atoms. The number of nitrogens with one attached hydrogen (secondary N) is 1. The fourth-order valence-electron chi connectivity index (χ4n) is 2.14. The molecule has 1 amide bonds. The van der Waals surface area contributed by atoms with Gasteiger partial charge in [-0.2, -0.15) is 0 Å². The lowest BCUT2D eigenvalue weighted by Crippen LogP contribution is -2.39. The van der Waals surface area contributed by atoms with Gasteiger partial charge in [0.1, 0.15) is 17.9 Å². The summed E-state index contributed by atoms with van der Waals surface area (Å²) < 4.78 is 0. The van der Waals surface area contributed by atoms with E-state index >= 15 is 0 Å². The fraction of sp³-hybridized carbons (Fsp3) is 0.286. The summed E-state index contributed by atoms with van der Waals surface area (Å²) in [5.74, 6) is -0.658. The van der Waals surface area contributed by atoms with Gasteiger partial charge in [-0.3, -0.25) is 14.9 Å². The second-order valence-electron chi connectivity index (χ2n) is 5.06. The first-order valence-corrected chi connectivity index (χ1v) is 6.49. The van der Waals surface area contributed by atoms with E-state index in [4.69, 9.17) is 5.73 Å². The van der Waals surface area contributed by atoms with E-state index in [2.05, 4.69) is 10.3 Å². The topological polar surface area (TPSA) is 111 Å². The smallest absolute Gasteiger partial charge is 0.311 e. The first kappa shape index (κ1) is 14.7. The molecule has 7 heteroatoms. The number of nitrogens with zero attached hydrogens (tertiary/aromatic N) is 2. The summed E-state index contributed by atoms with van der Waals surface area (Å²) in [7, 11) is 0. The van der Waals surface area contributed by atoms with Gasteiger partial charge >= 0.3 is 5.69 Å². The number of hydrogen-bond donors (Lipinski definition) is 2. The number of pyridine rings is 1. The molecule has 7 nitrogen and oxygen atoms in total. The third-order valence-corrected chi connectivity index (χ3v) is 3.23. The number of rotatable bonds is 5. The van der Waals surface area contributed by atoms with Crippen LogP contribution in [0.5, 0.6) is 0 Å². The maximum Gasteiger partial charge on any atom is 0.311 e. The van der Waals surface area contributed by atoms with Crippen molar-refractivity contribution in [2.45, 2.75) is 19.9 Å². The van der Waals surface area contributed by atoms with Crippen molar-refractivity contribution in [3.05, 3.63) is 40.6 Å². The van der Waals surface area contributed by atoms with Crippen molar-refractivity contribution in [1.29, 1.82) is 0 Å². The van der Waals surface area contributed by atoms with Crippen molar-refractivity contribution in [2.75, 3.05) is 5.32 Å². The Kier molecular flexibility index (Phi) is 4.02. The maximum atomic E-state index is 11.5. The minimum Gasteiger partial charge on any atom is -0.368 e. The highest BCUT2D eigenvalue weighted by atomic mass is 16.6. The molecule has 1 aromatic carbocycles. The number of anilines is 1. The van der Waals surface area contributed by atoms with Crippen LogP contribution in [0.3, 0.4) is 0 Å². The number of nitro groups is 1. The monoisotopic (exact) mass is 288 g/mol. The molecule has 1 atom stereocenters. The van der Waals surface area contributed by atoms with Crippen LogP contribution in [0.1, 0.15) is 13.8 Å². The Morgan fingerprint density at radius 3 is 2.62 bits per heavy atom. The average molecular weight is 288 g/mol. The molecule has 2 aromatic rings. The Morgan fingerprint density at radius 2 is 2.05 bits per heavy atom. The van der Waals surface area contributed by atoms with Gasteiger partial charge in [-0.05, 0) is 12.0 Å². The van der Waals surface area contributed by atoms with Crippen LogP contribution < -0.4 is 11.1 Å². The standard InChI is InChI=1S/C14H16N4O3/c1-8(2)12(14(15)19)17-13-9-5-3-4-6-10(9)16-7-11(13)18(20)21/h3-8,12H,1-2H3,(H2,15,19)(H,16,17). The van der Waals surface area contributed by atoms with Crippen LogP contribution in [0.2, 0.25) is 0 Å². The number of hydrogen-bond acceptors (Lipinski definition) is 5. The van der Waals surface area contributed by atoms with Crippen LogP contribution in [0.15, 0.2) is 30.5 Å². The molecule has 0 radical (unpaired) electrons. The summed E-state index contributed by atoms with van der Waals surface area (Å²) in [4.78, 5) is 26.3. The molecule has 1 aromatic heterocycles. The largest absolute Gasteiger partial charge is 0.368 e. The van der Waals surface area contributed by atoms with E-state index in [0.29, 0.717) is 10.9 Å². The zero-order chi connectivity index (χ0) is 15.6. The normalized spacial score (nSPS) is 12.3. The number of carbonyl (C=O) groups excluding carboxylic acids is 1. The molecule has 2 rings (SSSR count). The van der Waals surface area contributed by atoms with Crippen molar-refractivity contribution in [3.63, 3.8) is 0 Å². The van der Waals surface area contributed by atoms with Crippen molar-refractivity contribution < 1.29 is 9.72 Å². The lowest BCUT2D eigenvalue weighted by Gasteiger charge is -2.20. The predicted octanol–water partition coefficient (Wildman–Crippen LogP) is 2.06. The molecule has 0 spiro atoms. The Bertz CT molecular complexity index is 700. The molecule has 1 heterocycles. The molecule has 110 valence electrons. The van der Waals surface area contributed by atoms with Gasteiger partial charge in [0.15, 0.2) is 0 Å². The highest BCUT2D eigenvalue weighted by Crippen LogP contribution is 2.32. The van der Waals surface area contributed by atoms with E-state index in [-0.39, 0.29) is 17.3 Å². The second kappa shape index (κ2) is 5.74. The molecule has 1 unspecified atom stereocenters. The predicted molar refractivity (Wildman–Crippen MR) is 79.8 cm³/mol. The number of para-hydroxylation sites is 1. The number of amides is 1. The summed E-state index contributed by atoms with van der Waals surface area (Å²) in [5.41, 5.74) is 6.06. The molecule has 0 aliphatic carbocycles. The second-order valence-corrected chi connectivity index (χ2v) is 5.06. The van der Waals surface area contributed by atoms with Gasteiger partial charge in [0.2, 0.25) is 5.91 Å². The maximum absolute atomic E-state index is 11.5. The number of benzene rings is 1. The summed E-state index contributed by atoms with van der Waals surface area (Å²) >= 11 is 0. The molecule has 3 N–H and O–H groups in total. The summed E-state index contributed by atoms with van der Waals surface area (Å²) in [5, 5.41) is 14.7. The molecule has 0 aliphatic heterocycles. The molecule has 0 saturated heterocycles. The molecule has 0 aliphatic rings. The Morgan fingerprint density at radius 1 is 1.38 bits per heavy atom. The number of primary amides is 1.